The van der Waals surface area contributed by atoms with Gasteiger partial charge in [0.2, 0.25) is 0 Å². The van der Waals surface area contributed by atoms with Gasteiger partial charge in [0, 0.05) is 11.3 Å². The molecule has 0 bridgehead atoms. The number of H-pyrrole nitrogens is 1. The molecule has 0 spiro atoms. The van der Waals surface area contributed by atoms with Crippen molar-refractivity contribution >= 4 is 22.6 Å². The zero-order valence-corrected chi connectivity index (χ0v) is 18.7. The van der Waals surface area contributed by atoms with Crippen LogP contribution in [0.5, 0.6) is 0 Å². The van der Waals surface area contributed by atoms with Crippen molar-refractivity contribution < 1.29 is 4.74 Å². The number of aromatic nitrogens is 3. The average Bonchev–Trinajstić information content (AvgIpc) is 3.28. The summed E-state index contributed by atoms with van der Waals surface area (Å²) in [6, 6.07) is 22.5. The van der Waals surface area contributed by atoms with Gasteiger partial charge >= 0.3 is 0 Å². The predicted octanol–water partition coefficient (Wildman–Crippen LogP) is 5.72. The Bertz CT molecular complexity index is 1160. The summed E-state index contributed by atoms with van der Waals surface area (Å²) >= 11 is 6.57. The van der Waals surface area contributed by atoms with E-state index >= 15 is 0 Å². The lowest BCUT2D eigenvalue weighted by Gasteiger charge is -2.28. The SMILES string of the molecule is Clc1nc(-c2ccccc2)nc2[nH]c(C(CCc3ccccc3)OC3CCNCC3)cc12. The van der Waals surface area contributed by atoms with Gasteiger partial charge in [-0.25, -0.2) is 9.97 Å². The number of nitrogens with one attached hydrogen (secondary N) is 2. The molecule has 0 aliphatic carbocycles. The van der Waals surface area contributed by atoms with E-state index in [0.29, 0.717) is 11.0 Å². The maximum absolute atomic E-state index is 6.62. The van der Waals surface area contributed by atoms with Crippen LogP contribution in [0.1, 0.15) is 36.6 Å². The molecule has 1 atom stereocenters. The number of hydrogen-bond donors (Lipinski definition) is 2. The summed E-state index contributed by atoms with van der Waals surface area (Å²) < 4.78 is 6.62. The standard InChI is InChI=1S/C26H27ClN4O/c27-24-21-17-22(29-26(21)31-25(30-24)19-9-5-2-6-10-19)23(32-20-13-15-28-16-14-20)12-11-18-7-3-1-4-8-18/h1-10,17,20,23,28H,11-16H2,(H,29,30,31). The second-order valence-electron chi connectivity index (χ2n) is 8.29. The summed E-state index contributed by atoms with van der Waals surface area (Å²) in [5.74, 6) is 0.622. The first-order valence-corrected chi connectivity index (χ1v) is 11.7. The summed E-state index contributed by atoms with van der Waals surface area (Å²) in [7, 11) is 0. The Hall–Kier alpha value is -2.73. The molecule has 3 heterocycles. The fourth-order valence-corrected chi connectivity index (χ4v) is 4.51. The first-order valence-electron chi connectivity index (χ1n) is 11.3. The molecular formula is C26H27ClN4O. The summed E-state index contributed by atoms with van der Waals surface area (Å²) in [5.41, 5.74) is 4.01. The van der Waals surface area contributed by atoms with Gasteiger partial charge in [0.25, 0.3) is 0 Å². The number of ether oxygens (including phenoxy) is 1. The van der Waals surface area contributed by atoms with Gasteiger partial charge < -0.3 is 15.0 Å². The normalized spacial score (nSPS) is 15.8. The number of aryl methyl sites for hydroxylation is 1. The van der Waals surface area contributed by atoms with Gasteiger partial charge in [-0.15, -0.1) is 0 Å². The molecule has 0 saturated carbocycles. The Morgan fingerprint density at radius 1 is 0.969 bits per heavy atom. The lowest BCUT2D eigenvalue weighted by molar-refractivity contribution is -0.0334. The van der Waals surface area contributed by atoms with Crippen molar-refractivity contribution in [2.45, 2.75) is 37.9 Å². The molecule has 32 heavy (non-hydrogen) atoms. The lowest BCUT2D eigenvalue weighted by Crippen LogP contribution is -2.33. The van der Waals surface area contributed by atoms with E-state index in [9.17, 15) is 0 Å². The third-order valence-electron chi connectivity index (χ3n) is 6.02. The van der Waals surface area contributed by atoms with Crippen molar-refractivity contribution in [3.05, 3.63) is 83.1 Å². The molecule has 1 saturated heterocycles. The summed E-state index contributed by atoms with van der Waals surface area (Å²) in [6.07, 6.45) is 4.09. The van der Waals surface area contributed by atoms with Gasteiger partial charge in [0.1, 0.15) is 10.8 Å². The second-order valence-corrected chi connectivity index (χ2v) is 8.65. The molecule has 0 radical (unpaired) electrons. The van der Waals surface area contributed by atoms with E-state index < -0.39 is 0 Å². The summed E-state index contributed by atoms with van der Waals surface area (Å²) in [6.45, 7) is 2.00. The molecule has 2 aromatic carbocycles. The summed E-state index contributed by atoms with van der Waals surface area (Å²) in [4.78, 5) is 12.8. The summed E-state index contributed by atoms with van der Waals surface area (Å²) in [5, 5.41) is 4.70. The molecular weight excluding hydrogens is 420 g/mol. The molecule has 4 aromatic rings. The lowest BCUT2D eigenvalue weighted by atomic mass is 10.0. The van der Waals surface area contributed by atoms with E-state index in [0.717, 1.165) is 61.1 Å². The van der Waals surface area contributed by atoms with Gasteiger partial charge in [0.05, 0.1) is 17.6 Å². The molecule has 164 valence electrons. The van der Waals surface area contributed by atoms with Crippen LogP contribution in [0, 0.1) is 0 Å². The van der Waals surface area contributed by atoms with Crippen LogP contribution < -0.4 is 5.32 Å². The smallest absolute Gasteiger partial charge is 0.163 e. The Kier molecular flexibility index (Phi) is 6.49. The monoisotopic (exact) mass is 446 g/mol. The van der Waals surface area contributed by atoms with Gasteiger partial charge in [-0.2, -0.15) is 0 Å². The van der Waals surface area contributed by atoms with Gasteiger partial charge in [-0.3, -0.25) is 0 Å². The Labute approximate surface area is 193 Å². The zero-order chi connectivity index (χ0) is 21.8. The molecule has 2 N–H and O–H groups in total. The second kappa shape index (κ2) is 9.82. The minimum atomic E-state index is -0.0521. The van der Waals surface area contributed by atoms with Crippen molar-refractivity contribution in [3.8, 4) is 11.4 Å². The topological polar surface area (TPSA) is 62.8 Å². The molecule has 1 aliphatic heterocycles. The van der Waals surface area contributed by atoms with Gasteiger partial charge in [0.15, 0.2) is 5.82 Å². The minimum absolute atomic E-state index is 0.0521. The molecule has 6 heteroatoms. The molecule has 0 amide bonds. The number of benzene rings is 2. The highest BCUT2D eigenvalue weighted by Gasteiger charge is 2.23. The fourth-order valence-electron chi connectivity index (χ4n) is 4.29. The molecule has 1 aliphatic rings. The van der Waals surface area contributed by atoms with Crippen LogP contribution >= 0.6 is 11.6 Å². The van der Waals surface area contributed by atoms with E-state index in [1.807, 2.05) is 30.3 Å². The third-order valence-corrected chi connectivity index (χ3v) is 6.31. The van der Waals surface area contributed by atoms with Crippen LogP contribution in [0.3, 0.4) is 0 Å². The highest BCUT2D eigenvalue weighted by Crippen LogP contribution is 2.32. The van der Waals surface area contributed by atoms with E-state index in [1.54, 1.807) is 0 Å². The molecule has 5 rings (SSSR count). The quantitative estimate of drug-likeness (QED) is 0.356. The first kappa shape index (κ1) is 21.1. The highest BCUT2D eigenvalue weighted by atomic mass is 35.5. The van der Waals surface area contributed by atoms with E-state index in [1.165, 1.54) is 5.56 Å². The molecule has 5 nitrogen and oxygen atoms in total. The fraction of sp³-hybridized carbons (Fsp3) is 0.308. The Morgan fingerprint density at radius 2 is 1.69 bits per heavy atom. The maximum Gasteiger partial charge on any atom is 0.163 e. The maximum atomic E-state index is 6.62. The van der Waals surface area contributed by atoms with Crippen LogP contribution in [0.15, 0.2) is 66.7 Å². The van der Waals surface area contributed by atoms with E-state index in [2.05, 4.69) is 51.7 Å². The number of halogens is 1. The molecule has 2 aromatic heterocycles. The molecule has 1 unspecified atom stereocenters. The van der Waals surface area contributed by atoms with Crippen LogP contribution in [0.4, 0.5) is 0 Å². The van der Waals surface area contributed by atoms with Crippen LogP contribution in [0.25, 0.3) is 22.4 Å². The minimum Gasteiger partial charge on any atom is -0.369 e. The van der Waals surface area contributed by atoms with E-state index in [4.69, 9.17) is 21.3 Å². The Morgan fingerprint density at radius 3 is 2.44 bits per heavy atom. The number of aromatic amines is 1. The van der Waals surface area contributed by atoms with Crippen molar-refractivity contribution in [2.75, 3.05) is 13.1 Å². The zero-order valence-electron chi connectivity index (χ0n) is 17.9. The largest absolute Gasteiger partial charge is 0.369 e. The van der Waals surface area contributed by atoms with Gasteiger partial charge in [-0.1, -0.05) is 72.3 Å². The molecule has 1 fully saturated rings. The van der Waals surface area contributed by atoms with Crippen molar-refractivity contribution in [1.29, 1.82) is 0 Å². The highest BCUT2D eigenvalue weighted by molar-refractivity contribution is 6.34. The number of rotatable bonds is 7. The van der Waals surface area contributed by atoms with Gasteiger partial charge in [-0.05, 0) is 50.4 Å². The van der Waals surface area contributed by atoms with Crippen LogP contribution in [-0.4, -0.2) is 34.1 Å². The van der Waals surface area contributed by atoms with Crippen molar-refractivity contribution in [3.63, 3.8) is 0 Å². The predicted molar refractivity (Wildman–Crippen MR) is 129 cm³/mol. The number of hydrogen-bond acceptors (Lipinski definition) is 4. The Balaban J connectivity index is 1.45. The van der Waals surface area contributed by atoms with Crippen molar-refractivity contribution in [1.82, 2.24) is 20.3 Å². The number of piperidine rings is 1. The van der Waals surface area contributed by atoms with Crippen LogP contribution in [0.2, 0.25) is 5.15 Å². The van der Waals surface area contributed by atoms with E-state index in [-0.39, 0.29) is 12.2 Å². The van der Waals surface area contributed by atoms with Crippen LogP contribution in [-0.2, 0) is 11.2 Å². The number of nitrogens with zero attached hydrogens (tertiary/aromatic N) is 2. The first-order chi connectivity index (χ1) is 15.8. The third kappa shape index (κ3) is 4.85. The average molecular weight is 447 g/mol. The van der Waals surface area contributed by atoms with Crippen molar-refractivity contribution in [2.24, 2.45) is 0 Å². The number of fused-ring (bicyclic) bond motifs is 1.